The van der Waals surface area contributed by atoms with Crippen molar-refractivity contribution in [1.82, 2.24) is 0 Å². The van der Waals surface area contributed by atoms with E-state index in [1.807, 2.05) is 54.3 Å². The minimum Gasteiger partial charge on any atom is -0.454 e. The van der Waals surface area contributed by atoms with E-state index in [-0.39, 0.29) is 19.1 Å². The number of ketones is 1. The number of carbonyl (C=O) groups is 1. The molecule has 0 fully saturated rings. The SMILES string of the molecule is Cc1ccc(C(=O)CN(C2=NCCCCC2)c2ccc3c(c2)OCO3)cc1. The molecule has 0 unspecified atom stereocenters. The van der Waals surface area contributed by atoms with E-state index in [2.05, 4.69) is 0 Å². The maximum absolute atomic E-state index is 12.9. The van der Waals surface area contributed by atoms with E-state index < -0.39 is 0 Å². The van der Waals surface area contributed by atoms with E-state index in [0.717, 1.165) is 60.0 Å². The number of fused-ring (bicyclic) bond motifs is 1. The first-order chi connectivity index (χ1) is 13.2. The van der Waals surface area contributed by atoms with Crippen molar-refractivity contribution in [2.24, 2.45) is 4.99 Å². The molecule has 27 heavy (non-hydrogen) atoms. The average molecular weight is 364 g/mol. The van der Waals surface area contributed by atoms with Crippen LogP contribution in [-0.2, 0) is 0 Å². The summed E-state index contributed by atoms with van der Waals surface area (Å²) in [5, 5.41) is 0. The molecule has 0 aromatic heterocycles. The van der Waals surface area contributed by atoms with Gasteiger partial charge >= 0.3 is 0 Å². The van der Waals surface area contributed by atoms with E-state index in [9.17, 15) is 4.79 Å². The highest BCUT2D eigenvalue weighted by Gasteiger charge is 2.22. The monoisotopic (exact) mass is 364 g/mol. The maximum atomic E-state index is 12.9. The Balaban J connectivity index is 1.64. The van der Waals surface area contributed by atoms with Gasteiger partial charge in [-0.05, 0) is 31.9 Å². The number of rotatable bonds is 4. The van der Waals surface area contributed by atoms with Crippen molar-refractivity contribution in [2.75, 3.05) is 24.8 Å². The lowest BCUT2D eigenvalue weighted by Gasteiger charge is -2.26. The van der Waals surface area contributed by atoms with E-state index >= 15 is 0 Å². The molecule has 0 amide bonds. The largest absolute Gasteiger partial charge is 0.454 e. The predicted molar refractivity (Wildman–Crippen MR) is 106 cm³/mol. The number of ether oxygens (including phenoxy) is 2. The average Bonchev–Trinajstić information content (AvgIpc) is 2.99. The Kier molecular flexibility index (Phi) is 5.10. The summed E-state index contributed by atoms with van der Waals surface area (Å²) in [7, 11) is 0. The molecule has 0 radical (unpaired) electrons. The third kappa shape index (κ3) is 3.97. The van der Waals surface area contributed by atoms with Gasteiger partial charge in [-0.25, -0.2) is 0 Å². The second-order valence-electron chi connectivity index (χ2n) is 7.02. The zero-order valence-corrected chi connectivity index (χ0v) is 15.6. The third-order valence-electron chi connectivity index (χ3n) is 5.01. The highest BCUT2D eigenvalue weighted by atomic mass is 16.7. The lowest BCUT2D eigenvalue weighted by molar-refractivity contribution is 0.100. The van der Waals surface area contributed by atoms with Gasteiger partial charge in [-0.1, -0.05) is 36.2 Å². The number of carbonyl (C=O) groups excluding carboxylic acids is 1. The molecule has 2 aromatic carbocycles. The molecule has 0 saturated heterocycles. The van der Waals surface area contributed by atoms with E-state index in [1.165, 1.54) is 6.42 Å². The Morgan fingerprint density at radius 2 is 1.85 bits per heavy atom. The number of aliphatic imine (C=N–C) groups is 1. The van der Waals surface area contributed by atoms with Crippen molar-refractivity contribution in [2.45, 2.75) is 32.6 Å². The maximum Gasteiger partial charge on any atom is 0.231 e. The molecule has 2 aromatic rings. The normalized spacial score (nSPS) is 15.8. The lowest BCUT2D eigenvalue weighted by atomic mass is 10.1. The summed E-state index contributed by atoms with van der Waals surface area (Å²) in [5.74, 6) is 2.52. The molecule has 0 aliphatic carbocycles. The Morgan fingerprint density at radius 1 is 1.04 bits per heavy atom. The second kappa shape index (κ2) is 7.82. The molecule has 0 atom stereocenters. The minimum absolute atomic E-state index is 0.0830. The second-order valence-corrected chi connectivity index (χ2v) is 7.02. The van der Waals surface area contributed by atoms with Gasteiger partial charge in [0, 0.05) is 30.3 Å². The summed E-state index contributed by atoms with van der Waals surface area (Å²) in [6.45, 7) is 3.34. The van der Waals surface area contributed by atoms with Crippen molar-refractivity contribution in [3.8, 4) is 11.5 Å². The van der Waals surface area contributed by atoms with Crippen LogP contribution in [0.25, 0.3) is 0 Å². The molecule has 4 rings (SSSR count). The third-order valence-corrected chi connectivity index (χ3v) is 5.01. The minimum atomic E-state index is 0.0830. The molecular weight excluding hydrogens is 340 g/mol. The fourth-order valence-corrected chi connectivity index (χ4v) is 3.44. The summed E-state index contributed by atoms with van der Waals surface area (Å²) >= 11 is 0. The van der Waals surface area contributed by atoms with Gasteiger partial charge in [-0.2, -0.15) is 0 Å². The number of nitrogens with zero attached hydrogens (tertiary/aromatic N) is 2. The molecule has 5 nitrogen and oxygen atoms in total. The lowest BCUT2D eigenvalue weighted by Crippen LogP contribution is -2.36. The first-order valence-corrected chi connectivity index (χ1v) is 9.51. The summed E-state index contributed by atoms with van der Waals surface area (Å²) in [6, 6.07) is 13.6. The zero-order valence-electron chi connectivity index (χ0n) is 15.6. The van der Waals surface area contributed by atoms with Crippen molar-refractivity contribution >= 4 is 17.3 Å². The van der Waals surface area contributed by atoms with E-state index in [0.29, 0.717) is 0 Å². The molecule has 2 aliphatic heterocycles. The van der Waals surface area contributed by atoms with Crippen LogP contribution in [0.2, 0.25) is 0 Å². The number of hydrogen-bond acceptors (Lipinski definition) is 5. The van der Waals surface area contributed by atoms with E-state index in [1.54, 1.807) is 0 Å². The van der Waals surface area contributed by atoms with Gasteiger partial charge in [-0.3, -0.25) is 9.79 Å². The first-order valence-electron chi connectivity index (χ1n) is 9.51. The number of anilines is 1. The highest BCUT2D eigenvalue weighted by Crippen LogP contribution is 2.36. The smallest absolute Gasteiger partial charge is 0.231 e. The predicted octanol–water partition coefficient (Wildman–Crippen LogP) is 4.39. The Morgan fingerprint density at radius 3 is 2.70 bits per heavy atom. The van der Waals surface area contributed by atoms with Crippen LogP contribution in [0.15, 0.2) is 47.5 Å². The molecular formula is C22H24N2O3. The number of amidine groups is 1. The molecule has 5 heteroatoms. The molecule has 0 saturated carbocycles. The van der Waals surface area contributed by atoms with E-state index in [4.69, 9.17) is 14.5 Å². The summed E-state index contributed by atoms with van der Waals surface area (Å²) in [6.07, 6.45) is 4.26. The molecule has 2 aliphatic rings. The summed E-state index contributed by atoms with van der Waals surface area (Å²) in [5.41, 5.74) is 2.79. The van der Waals surface area contributed by atoms with Crippen molar-refractivity contribution in [3.63, 3.8) is 0 Å². The van der Waals surface area contributed by atoms with Gasteiger partial charge in [-0.15, -0.1) is 0 Å². The number of Topliss-reactive ketones (excluding diaryl/α,β-unsaturated/α-hetero) is 1. The number of benzene rings is 2. The number of hydrogen-bond donors (Lipinski definition) is 0. The van der Waals surface area contributed by atoms with Crippen molar-refractivity contribution < 1.29 is 14.3 Å². The first kappa shape index (κ1) is 17.6. The Hall–Kier alpha value is -2.82. The Labute approximate surface area is 159 Å². The summed E-state index contributed by atoms with van der Waals surface area (Å²) < 4.78 is 11.0. The van der Waals surface area contributed by atoms with Crippen LogP contribution in [0.5, 0.6) is 11.5 Å². The number of aryl methyl sites for hydroxylation is 1. The van der Waals surface area contributed by atoms with Crippen LogP contribution < -0.4 is 14.4 Å². The molecule has 0 N–H and O–H groups in total. The fraction of sp³-hybridized carbons (Fsp3) is 0.364. The van der Waals surface area contributed by atoms with Crippen molar-refractivity contribution in [1.29, 1.82) is 0 Å². The van der Waals surface area contributed by atoms with Crippen LogP contribution in [0.1, 0.15) is 41.6 Å². The van der Waals surface area contributed by atoms with Crippen LogP contribution in [0, 0.1) is 6.92 Å². The van der Waals surface area contributed by atoms with Gasteiger partial charge in [0.25, 0.3) is 0 Å². The van der Waals surface area contributed by atoms with Gasteiger partial charge in [0.2, 0.25) is 6.79 Å². The quantitative estimate of drug-likeness (QED) is 0.755. The molecule has 2 heterocycles. The van der Waals surface area contributed by atoms with Crippen LogP contribution in [0.3, 0.4) is 0 Å². The highest BCUT2D eigenvalue weighted by molar-refractivity contribution is 6.07. The topological polar surface area (TPSA) is 51.1 Å². The fourth-order valence-electron chi connectivity index (χ4n) is 3.44. The molecule has 0 spiro atoms. The van der Waals surface area contributed by atoms with Crippen molar-refractivity contribution in [3.05, 3.63) is 53.6 Å². The zero-order chi connectivity index (χ0) is 18.6. The van der Waals surface area contributed by atoms with Gasteiger partial charge in [0.15, 0.2) is 17.3 Å². The van der Waals surface area contributed by atoms with Gasteiger partial charge < -0.3 is 14.4 Å². The summed E-state index contributed by atoms with van der Waals surface area (Å²) in [4.78, 5) is 19.8. The standard InChI is InChI=1S/C22H24N2O3/c1-16-6-8-17(9-7-16)19(25)14-24(22-5-3-2-4-12-23-22)18-10-11-20-21(13-18)27-15-26-20/h6-11,13H,2-5,12,14-15H2,1H3. The molecule has 140 valence electrons. The van der Waals surface area contributed by atoms with Gasteiger partial charge in [0.1, 0.15) is 5.84 Å². The van der Waals surface area contributed by atoms with Crippen LogP contribution in [-0.4, -0.2) is 31.5 Å². The van der Waals surface area contributed by atoms with Crippen LogP contribution in [0.4, 0.5) is 5.69 Å². The van der Waals surface area contributed by atoms with Gasteiger partial charge in [0.05, 0.1) is 6.54 Å². The molecule has 0 bridgehead atoms. The Bertz CT molecular complexity index is 858. The van der Waals surface area contributed by atoms with Crippen LogP contribution >= 0.6 is 0 Å².